The summed E-state index contributed by atoms with van der Waals surface area (Å²) >= 11 is 0. The van der Waals surface area contributed by atoms with E-state index >= 15 is 0 Å². The first-order valence-electron chi connectivity index (χ1n) is 9.00. The summed E-state index contributed by atoms with van der Waals surface area (Å²) in [6.45, 7) is 1.85. The molecule has 7 heteroatoms. The van der Waals surface area contributed by atoms with Crippen molar-refractivity contribution in [3.05, 3.63) is 64.7 Å². The minimum atomic E-state index is -3.28. The number of nitrogens with one attached hydrogen (secondary N) is 2. The molecule has 6 nitrogen and oxygen atoms in total. The third-order valence-electron chi connectivity index (χ3n) is 4.63. The summed E-state index contributed by atoms with van der Waals surface area (Å²) in [6, 6.07) is 13.4. The molecule has 27 heavy (non-hydrogen) atoms. The number of amides is 1. The first-order valence-corrected chi connectivity index (χ1v) is 10.8. The monoisotopic (exact) mass is 388 g/mol. The van der Waals surface area contributed by atoms with Crippen molar-refractivity contribution in [1.29, 1.82) is 0 Å². The van der Waals surface area contributed by atoms with E-state index in [0.717, 1.165) is 17.7 Å². The van der Waals surface area contributed by atoms with Crippen LogP contribution in [0.4, 0.5) is 5.69 Å². The van der Waals surface area contributed by atoms with Gasteiger partial charge in [0.1, 0.15) is 6.54 Å². The van der Waals surface area contributed by atoms with Crippen LogP contribution < -0.4 is 14.5 Å². The molecular weight excluding hydrogens is 362 g/mol. The van der Waals surface area contributed by atoms with Gasteiger partial charge in [0.05, 0.1) is 26.0 Å². The highest BCUT2D eigenvalue weighted by Crippen LogP contribution is 2.30. The Kier molecular flexibility index (Phi) is 5.53. The van der Waals surface area contributed by atoms with Crippen molar-refractivity contribution in [3.63, 3.8) is 0 Å². The third kappa shape index (κ3) is 4.67. The lowest BCUT2D eigenvalue weighted by atomic mass is 10.1. The van der Waals surface area contributed by atoms with Crippen LogP contribution in [0.1, 0.15) is 27.0 Å². The number of nitrogens with zero attached hydrogens (tertiary/aromatic N) is 1. The molecule has 3 rings (SSSR count). The summed E-state index contributed by atoms with van der Waals surface area (Å²) in [5.74, 6) is -0.155. The van der Waals surface area contributed by atoms with Crippen LogP contribution in [-0.4, -0.2) is 41.2 Å². The number of quaternary nitrogens is 1. The van der Waals surface area contributed by atoms with E-state index in [1.54, 1.807) is 18.2 Å². The summed E-state index contributed by atoms with van der Waals surface area (Å²) in [6.07, 6.45) is 1.83. The molecule has 1 aliphatic heterocycles. The summed E-state index contributed by atoms with van der Waals surface area (Å²) in [5, 5.41) is 2.93. The molecule has 0 bridgehead atoms. The van der Waals surface area contributed by atoms with E-state index in [-0.39, 0.29) is 5.91 Å². The first kappa shape index (κ1) is 19.4. The smallest absolute Gasteiger partial charge is 0.251 e. The highest BCUT2D eigenvalue weighted by molar-refractivity contribution is 7.92. The molecule has 1 amide bonds. The Hall–Kier alpha value is -2.38. The minimum absolute atomic E-state index is 0.155. The molecule has 0 unspecified atom stereocenters. The van der Waals surface area contributed by atoms with Gasteiger partial charge in [0.2, 0.25) is 10.0 Å². The van der Waals surface area contributed by atoms with Crippen molar-refractivity contribution in [1.82, 2.24) is 5.32 Å². The number of hydrogen-bond donors (Lipinski definition) is 2. The second kappa shape index (κ2) is 7.70. The van der Waals surface area contributed by atoms with Crippen molar-refractivity contribution in [2.45, 2.75) is 19.5 Å². The normalized spacial score (nSPS) is 13.7. The van der Waals surface area contributed by atoms with Gasteiger partial charge in [-0.3, -0.25) is 9.10 Å². The summed E-state index contributed by atoms with van der Waals surface area (Å²) in [4.78, 5) is 13.8. The van der Waals surface area contributed by atoms with Gasteiger partial charge in [-0.25, -0.2) is 8.42 Å². The lowest BCUT2D eigenvalue weighted by Crippen LogP contribution is -3.04. The Balaban J connectivity index is 1.64. The molecule has 0 aromatic heterocycles. The van der Waals surface area contributed by atoms with Crippen molar-refractivity contribution in [2.75, 3.05) is 31.2 Å². The van der Waals surface area contributed by atoms with Gasteiger partial charge in [-0.1, -0.05) is 24.3 Å². The predicted octanol–water partition coefficient (Wildman–Crippen LogP) is 0.583. The Bertz CT molecular complexity index is 937. The van der Waals surface area contributed by atoms with Crippen molar-refractivity contribution < 1.29 is 18.1 Å². The molecule has 1 heterocycles. The quantitative estimate of drug-likeness (QED) is 0.761. The van der Waals surface area contributed by atoms with Gasteiger partial charge in [0, 0.05) is 24.2 Å². The van der Waals surface area contributed by atoms with Crippen molar-refractivity contribution in [3.8, 4) is 0 Å². The van der Waals surface area contributed by atoms with E-state index in [1.807, 2.05) is 12.1 Å². The maximum absolute atomic E-state index is 12.5. The third-order valence-corrected chi connectivity index (χ3v) is 5.81. The van der Waals surface area contributed by atoms with E-state index in [1.165, 1.54) is 21.0 Å². The van der Waals surface area contributed by atoms with Gasteiger partial charge in [0.25, 0.3) is 5.91 Å². The number of carbonyl (C=O) groups is 1. The molecule has 2 aromatic rings. The maximum Gasteiger partial charge on any atom is 0.251 e. The van der Waals surface area contributed by atoms with Crippen LogP contribution in [0.5, 0.6) is 0 Å². The highest BCUT2D eigenvalue weighted by atomic mass is 32.2. The Morgan fingerprint density at radius 2 is 1.78 bits per heavy atom. The highest BCUT2D eigenvalue weighted by Gasteiger charge is 2.26. The summed E-state index contributed by atoms with van der Waals surface area (Å²) < 4.78 is 25.0. The average Bonchev–Trinajstić information content (AvgIpc) is 3.04. The molecule has 0 atom stereocenters. The largest absolute Gasteiger partial charge is 0.348 e. The van der Waals surface area contributed by atoms with Crippen LogP contribution in [-0.2, 0) is 29.5 Å². The van der Waals surface area contributed by atoms with Gasteiger partial charge in [-0.15, -0.1) is 0 Å². The van der Waals surface area contributed by atoms with Crippen LogP contribution in [0.25, 0.3) is 0 Å². The number of anilines is 1. The molecule has 2 N–H and O–H groups in total. The van der Waals surface area contributed by atoms with E-state index in [0.29, 0.717) is 30.8 Å². The van der Waals surface area contributed by atoms with Gasteiger partial charge in [-0.05, 0) is 35.7 Å². The van der Waals surface area contributed by atoms with Gasteiger partial charge >= 0.3 is 0 Å². The fraction of sp³-hybridized carbons (Fsp3) is 0.350. The molecule has 144 valence electrons. The van der Waals surface area contributed by atoms with Gasteiger partial charge in [0.15, 0.2) is 0 Å². The van der Waals surface area contributed by atoms with Crippen LogP contribution in [0.2, 0.25) is 0 Å². The first-order chi connectivity index (χ1) is 12.7. The zero-order valence-electron chi connectivity index (χ0n) is 16.0. The van der Waals surface area contributed by atoms with Crippen LogP contribution in [0.15, 0.2) is 42.5 Å². The maximum atomic E-state index is 12.5. The number of rotatable bonds is 6. The summed E-state index contributed by atoms with van der Waals surface area (Å²) in [7, 11) is 0.947. The molecule has 0 spiro atoms. The second-order valence-corrected chi connectivity index (χ2v) is 9.22. The molecule has 2 aromatic carbocycles. The van der Waals surface area contributed by atoms with Gasteiger partial charge in [-0.2, -0.15) is 0 Å². The van der Waals surface area contributed by atoms with E-state index in [2.05, 4.69) is 31.5 Å². The summed E-state index contributed by atoms with van der Waals surface area (Å²) in [5.41, 5.74) is 4.43. The zero-order chi connectivity index (χ0) is 19.6. The standard InChI is InChI=1S/C20H25N3O3S/c1-22(2)14-16-6-4-15(5-7-16)13-21-20(24)18-8-9-19-17(12-18)10-11-23(19)27(3,25)26/h4-9,12H,10-11,13-14H2,1-3H3,(H,21,24)/p+1. The fourth-order valence-corrected chi connectivity index (χ4v) is 4.28. The second-order valence-electron chi connectivity index (χ2n) is 7.31. The van der Waals surface area contributed by atoms with E-state index in [9.17, 15) is 13.2 Å². The number of carbonyl (C=O) groups excluding carboxylic acids is 1. The number of fused-ring (bicyclic) bond motifs is 1. The topological polar surface area (TPSA) is 70.9 Å². The van der Waals surface area contributed by atoms with E-state index in [4.69, 9.17) is 0 Å². The zero-order valence-corrected chi connectivity index (χ0v) is 16.8. The number of benzene rings is 2. The molecule has 0 aliphatic carbocycles. The number of hydrogen-bond acceptors (Lipinski definition) is 3. The molecule has 0 saturated heterocycles. The Morgan fingerprint density at radius 3 is 2.41 bits per heavy atom. The van der Waals surface area contributed by atoms with Crippen molar-refractivity contribution >= 4 is 21.6 Å². The van der Waals surface area contributed by atoms with Crippen LogP contribution in [0, 0.1) is 0 Å². The molecule has 0 saturated carbocycles. The van der Waals surface area contributed by atoms with E-state index < -0.39 is 10.0 Å². The molecule has 0 radical (unpaired) electrons. The average molecular weight is 389 g/mol. The fourth-order valence-electron chi connectivity index (χ4n) is 3.32. The molecule has 1 aliphatic rings. The minimum Gasteiger partial charge on any atom is -0.348 e. The Labute approximate surface area is 160 Å². The van der Waals surface area contributed by atoms with Gasteiger partial charge < -0.3 is 10.2 Å². The predicted molar refractivity (Wildman–Crippen MR) is 106 cm³/mol. The lowest BCUT2D eigenvalue weighted by molar-refractivity contribution is -0.872. The van der Waals surface area contributed by atoms with Crippen LogP contribution >= 0.6 is 0 Å². The molecule has 0 fully saturated rings. The Morgan fingerprint density at radius 1 is 1.11 bits per heavy atom. The lowest BCUT2D eigenvalue weighted by Gasteiger charge is -2.16. The van der Waals surface area contributed by atoms with Crippen LogP contribution in [0.3, 0.4) is 0 Å². The van der Waals surface area contributed by atoms with Crippen molar-refractivity contribution in [2.24, 2.45) is 0 Å². The molecular formula is C20H26N3O3S+. The SMILES string of the molecule is C[NH+](C)Cc1ccc(CNC(=O)c2ccc3c(c2)CCN3S(C)(=O)=O)cc1. The number of sulfonamides is 1.